The van der Waals surface area contributed by atoms with E-state index in [2.05, 4.69) is 29.4 Å². The van der Waals surface area contributed by atoms with Gasteiger partial charge in [-0.1, -0.05) is 41.9 Å². The summed E-state index contributed by atoms with van der Waals surface area (Å²) in [6.45, 7) is 0. The van der Waals surface area contributed by atoms with Gasteiger partial charge in [0.05, 0.1) is 5.71 Å². The number of rotatable bonds is 2. The van der Waals surface area contributed by atoms with Crippen molar-refractivity contribution in [2.75, 3.05) is 0 Å². The van der Waals surface area contributed by atoms with Gasteiger partial charge in [0, 0.05) is 5.92 Å². The fourth-order valence-electron chi connectivity index (χ4n) is 2.32. The number of oxime groups is 1. The minimum atomic E-state index is 0.450. The van der Waals surface area contributed by atoms with Crippen LogP contribution >= 0.6 is 0 Å². The monoisotopic (exact) mass is 203 g/mol. The van der Waals surface area contributed by atoms with Gasteiger partial charge in [0.15, 0.2) is 0 Å². The fraction of sp³-hybridized carbons (Fsp3) is 0.462. The summed E-state index contributed by atoms with van der Waals surface area (Å²) in [5, 5.41) is 12.4. The van der Waals surface area contributed by atoms with Gasteiger partial charge < -0.3 is 5.21 Å². The molecule has 0 heterocycles. The minimum Gasteiger partial charge on any atom is -0.411 e. The molecule has 1 saturated carbocycles. The lowest BCUT2D eigenvalue weighted by molar-refractivity contribution is 0.308. The van der Waals surface area contributed by atoms with Crippen LogP contribution in [0.15, 0.2) is 35.5 Å². The summed E-state index contributed by atoms with van der Waals surface area (Å²) in [5.41, 5.74) is 2.33. The Morgan fingerprint density at radius 1 is 1.20 bits per heavy atom. The Morgan fingerprint density at radius 2 is 2.00 bits per heavy atom. The molecule has 1 aliphatic carbocycles. The Kier molecular flexibility index (Phi) is 3.38. The van der Waals surface area contributed by atoms with E-state index in [1.807, 2.05) is 6.07 Å². The second kappa shape index (κ2) is 4.96. The Bertz CT molecular complexity index is 332. The second-order valence-electron chi connectivity index (χ2n) is 4.22. The van der Waals surface area contributed by atoms with Crippen LogP contribution in [0.2, 0.25) is 0 Å². The SMILES string of the molecule is O/N=C1/CCCCC1Cc1ccccc1. The normalized spacial score (nSPS) is 24.3. The van der Waals surface area contributed by atoms with Crippen molar-refractivity contribution in [2.24, 2.45) is 11.1 Å². The first-order valence-corrected chi connectivity index (χ1v) is 5.65. The van der Waals surface area contributed by atoms with Gasteiger partial charge in [-0.3, -0.25) is 0 Å². The van der Waals surface area contributed by atoms with Crippen molar-refractivity contribution in [1.82, 2.24) is 0 Å². The van der Waals surface area contributed by atoms with Gasteiger partial charge in [0.1, 0.15) is 0 Å². The molecular formula is C13H17NO. The first-order chi connectivity index (χ1) is 7.40. The van der Waals surface area contributed by atoms with Gasteiger partial charge in [-0.15, -0.1) is 0 Å². The lowest BCUT2D eigenvalue weighted by Crippen LogP contribution is -2.21. The number of benzene rings is 1. The third kappa shape index (κ3) is 2.58. The molecule has 1 atom stereocenters. The van der Waals surface area contributed by atoms with Crippen molar-refractivity contribution in [1.29, 1.82) is 0 Å². The first kappa shape index (κ1) is 10.2. The molecule has 0 spiro atoms. The summed E-state index contributed by atoms with van der Waals surface area (Å²) in [5.74, 6) is 0.450. The van der Waals surface area contributed by atoms with Crippen LogP contribution in [0.1, 0.15) is 31.2 Å². The highest BCUT2D eigenvalue weighted by molar-refractivity contribution is 5.87. The van der Waals surface area contributed by atoms with Crippen LogP contribution in [-0.4, -0.2) is 10.9 Å². The average Bonchev–Trinajstić information content (AvgIpc) is 2.31. The third-order valence-corrected chi connectivity index (χ3v) is 3.16. The van der Waals surface area contributed by atoms with Crippen molar-refractivity contribution >= 4 is 5.71 Å². The van der Waals surface area contributed by atoms with Gasteiger partial charge in [-0.25, -0.2) is 0 Å². The lowest BCUT2D eigenvalue weighted by Gasteiger charge is -2.22. The Morgan fingerprint density at radius 3 is 2.73 bits per heavy atom. The molecule has 0 aromatic heterocycles. The summed E-state index contributed by atoms with van der Waals surface area (Å²) < 4.78 is 0. The van der Waals surface area contributed by atoms with Crippen LogP contribution in [0.3, 0.4) is 0 Å². The van der Waals surface area contributed by atoms with Crippen LogP contribution in [0.25, 0.3) is 0 Å². The summed E-state index contributed by atoms with van der Waals surface area (Å²) in [7, 11) is 0. The highest BCUT2D eigenvalue weighted by Crippen LogP contribution is 2.24. The molecule has 80 valence electrons. The molecule has 1 fully saturated rings. The predicted molar refractivity (Wildman–Crippen MR) is 61.3 cm³/mol. The van der Waals surface area contributed by atoms with Gasteiger partial charge >= 0.3 is 0 Å². The molecule has 2 rings (SSSR count). The van der Waals surface area contributed by atoms with E-state index in [4.69, 9.17) is 5.21 Å². The molecule has 2 heteroatoms. The van der Waals surface area contributed by atoms with Crippen molar-refractivity contribution in [2.45, 2.75) is 32.1 Å². The van der Waals surface area contributed by atoms with E-state index in [9.17, 15) is 0 Å². The molecule has 0 amide bonds. The van der Waals surface area contributed by atoms with Crippen molar-refractivity contribution in [3.05, 3.63) is 35.9 Å². The molecular weight excluding hydrogens is 186 g/mol. The van der Waals surface area contributed by atoms with E-state index >= 15 is 0 Å². The van der Waals surface area contributed by atoms with E-state index < -0.39 is 0 Å². The molecule has 0 saturated heterocycles. The van der Waals surface area contributed by atoms with E-state index in [1.54, 1.807) is 0 Å². The zero-order valence-corrected chi connectivity index (χ0v) is 8.89. The summed E-state index contributed by atoms with van der Waals surface area (Å²) in [6.07, 6.45) is 5.57. The van der Waals surface area contributed by atoms with Crippen LogP contribution in [0.5, 0.6) is 0 Å². The molecule has 1 aliphatic rings. The first-order valence-electron chi connectivity index (χ1n) is 5.65. The molecule has 1 N–H and O–H groups in total. The lowest BCUT2D eigenvalue weighted by atomic mass is 9.83. The van der Waals surface area contributed by atoms with Gasteiger partial charge in [0.25, 0.3) is 0 Å². The third-order valence-electron chi connectivity index (χ3n) is 3.16. The molecule has 0 radical (unpaired) electrons. The highest BCUT2D eigenvalue weighted by atomic mass is 16.4. The van der Waals surface area contributed by atoms with Crippen LogP contribution < -0.4 is 0 Å². The summed E-state index contributed by atoms with van der Waals surface area (Å²) >= 11 is 0. The molecule has 1 aromatic carbocycles. The van der Waals surface area contributed by atoms with Crippen LogP contribution in [0.4, 0.5) is 0 Å². The minimum absolute atomic E-state index is 0.450. The van der Waals surface area contributed by atoms with Gasteiger partial charge in [-0.05, 0) is 31.2 Å². The fourth-order valence-corrected chi connectivity index (χ4v) is 2.32. The maximum Gasteiger partial charge on any atom is 0.0604 e. The molecule has 1 unspecified atom stereocenters. The molecule has 1 aromatic rings. The van der Waals surface area contributed by atoms with E-state index in [-0.39, 0.29) is 0 Å². The number of hydrogen-bond acceptors (Lipinski definition) is 2. The maximum absolute atomic E-state index is 8.93. The van der Waals surface area contributed by atoms with Crippen LogP contribution in [-0.2, 0) is 6.42 Å². The van der Waals surface area contributed by atoms with Crippen LogP contribution in [0, 0.1) is 5.92 Å². The largest absolute Gasteiger partial charge is 0.411 e. The molecule has 0 aliphatic heterocycles. The zero-order chi connectivity index (χ0) is 10.5. The molecule has 2 nitrogen and oxygen atoms in total. The predicted octanol–water partition coefficient (Wildman–Crippen LogP) is 3.25. The van der Waals surface area contributed by atoms with Gasteiger partial charge in [-0.2, -0.15) is 0 Å². The van der Waals surface area contributed by atoms with Crippen molar-refractivity contribution in [3.8, 4) is 0 Å². The maximum atomic E-state index is 8.93. The number of hydrogen-bond donors (Lipinski definition) is 1. The molecule has 15 heavy (non-hydrogen) atoms. The Balaban J connectivity index is 2.04. The standard InChI is InChI=1S/C13H17NO/c15-14-13-9-5-4-8-12(13)10-11-6-2-1-3-7-11/h1-3,6-7,12,15H,4-5,8-10H2/b14-13-. The van der Waals surface area contributed by atoms with Crippen molar-refractivity contribution < 1.29 is 5.21 Å². The molecule has 0 bridgehead atoms. The zero-order valence-electron chi connectivity index (χ0n) is 8.89. The highest BCUT2D eigenvalue weighted by Gasteiger charge is 2.20. The summed E-state index contributed by atoms with van der Waals surface area (Å²) in [4.78, 5) is 0. The number of nitrogens with zero attached hydrogens (tertiary/aromatic N) is 1. The second-order valence-corrected chi connectivity index (χ2v) is 4.22. The van der Waals surface area contributed by atoms with Gasteiger partial charge in [0.2, 0.25) is 0 Å². The van der Waals surface area contributed by atoms with E-state index in [1.165, 1.54) is 18.4 Å². The summed E-state index contributed by atoms with van der Waals surface area (Å²) in [6, 6.07) is 10.4. The van der Waals surface area contributed by atoms with Crippen molar-refractivity contribution in [3.63, 3.8) is 0 Å². The average molecular weight is 203 g/mol. The Hall–Kier alpha value is -1.31. The van der Waals surface area contributed by atoms with E-state index in [0.717, 1.165) is 25.0 Å². The quantitative estimate of drug-likeness (QED) is 0.580. The topological polar surface area (TPSA) is 32.6 Å². The van der Waals surface area contributed by atoms with E-state index in [0.29, 0.717) is 5.92 Å². The Labute approximate surface area is 90.6 Å². The smallest absolute Gasteiger partial charge is 0.0604 e.